The third-order valence-corrected chi connectivity index (χ3v) is 4.08. The minimum absolute atomic E-state index is 0.258. The molecule has 0 aliphatic carbocycles. The van der Waals surface area contributed by atoms with E-state index in [1.807, 2.05) is 12.1 Å². The summed E-state index contributed by atoms with van der Waals surface area (Å²) in [5, 5.41) is 12.5. The Balaban J connectivity index is 2.60. The molecule has 1 unspecified atom stereocenters. The maximum Gasteiger partial charge on any atom is 0.174 e. The van der Waals surface area contributed by atoms with Crippen molar-refractivity contribution in [3.05, 3.63) is 22.2 Å². The number of halogens is 1. The second-order valence-corrected chi connectivity index (χ2v) is 5.97. The molecule has 0 fully saturated rings. The van der Waals surface area contributed by atoms with Crippen LogP contribution in [0.15, 0.2) is 16.6 Å². The van der Waals surface area contributed by atoms with Crippen molar-refractivity contribution in [2.24, 2.45) is 5.92 Å². The maximum atomic E-state index is 9.08. The van der Waals surface area contributed by atoms with Crippen LogP contribution in [0, 0.1) is 5.92 Å². The summed E-state index contributed by atoms with van der Waals surface area (Å²) >= 11 is 3.50. The number of hydrogen-bond acceptors (Lipinski definition) is 4. The lowest BCUT2D eigenvalue weighted by Gasteiger charge is -2.16. The van der Waals surface area contributed by atoms with Gasteiger partial charge in [-0.25, -0.2) is 0 Å². The molecule has 2 N–H and O–H groups in total. The molecule has 0 aliphatic rings. The number of hydrogen-bond donors (Lipinski definition) is 2. The molecular formula is C16H26BrNO3. The third kappa shape index (κ3) is 5.85. The Kier molecular flexibility index (Phi) is 8.73. The Bertz CT molecular complexity index is 420. The summed E-state index contributed by atoms with van der Waals surface area (Å²) in [6, 6.07) is 4.02. The number of aliphatic hydroxyl groups excluding tert-OH is 1. The first-order valence-corrected chi connectivity index (χ1v) is 8.17. The molecule has 4 nitrogen and oxygen atoms in total. The molecule has 0 radical (unpaired) electrons. The van der Waals surface area contributed by atoms with Crippen LogP contribution in [-0.4, -0.2) is 32.5 Å². The molecular weight excluding hydrogens is 334 g/mol. The summed E-state index contributed by atoms with van der Waals surface area (Å²) in [4.78, 5) is 0. The number of methoxy groups -OCH3 is 2. The first kappa shape index (κ1) is 18.3. The van der Waals surface area contributed by atoms with Gasteiger partial charge in [0.1, 0.15) is 0 Å². The predicted molar refractivity (Wildman–Crippen MR) is 89.1 cm³/mol. The van der Waals surface area contributed by atoms with E-state index in [9.17, 15) is 0 Å². The Labute approximate surface area is 136 Å². The molecule has 0 aliphatic heterocycles. The lowest BCUT2D eigenvalue weighted by atomic mass is 10.0. The summed E-state index contributed by atoms with van der Waals surface area (Å²) < 4.78 is 11.5. The second kappa shape index (κ2) is 10.0. The van der Waals surface area contributed by atoms with Gasteiger partial charge in [-0.1, -0.05) is 13.3 Å². The van der Waals surface area contributed by atoms with Gasteiger partial charge in [0.05, 0.1) is 18.7 Å². The molecule has 0 saturated carbocycles. The van der Waals surface area contributed by atoms with Crippen LogP contribution in [0.4, 0.5) is 0 Å². The molecule has 21 heavy (non-hydrogen) atoms. The highest BCUT2D eigenvalue weighted by atomic mass is 79.9. The van der Waals surface area contributed by atoms with Gasteiger partial charge in [-0.2, -0.15) is 0 Å². The average molecular weight is 360 g/mol. The van der Waals surface area contributed by atoms with Gasteiger partial charge in [0, 0.05) is 13.2 Å². The summed E-state index contributed by atoms with van der Waals surface area (Å²) in [6.07, 6.45) is 3.15. The van der Waals surface area contributed by atoms with Crippen LogP contribution in [0.25, 0.3) is 0 Å². The Morgan fingerprint density at radius 1 is 1.24 bits per heavy atom. The number of aliphatic hydroxyl groups is 1. The van der Waals surface area contributed by atoms with E-state index >= 15 is 0 Å². The average Bonchev–Trinajstić information content (AvgIpc) is 2.47. The van der Waals surface area contributed by atoms with Crippen molar-refractivity contribution in [2.45, 2.75) is 32.7 Å². The summed E-state index contributed by atoms with van der Waals surface area (Å²) in [6.45, 7) is 4.12. The van der Waals surface area contributed by atoms with Crippen molar-refractivity contribution >= 4 is 15.9 Å². The quantitative estimate of drug-likeness (QED) is 0.672. The van der Waals surface area contributed by atoms with Crippen molar-refractivity contribution in [3.63, 3.8) is 0 Å². The van der Waals surface area contributed by atoms with E-state index in [4.69, 9.17) is 14.6 Å². The lowest BCUT2D eigenvalue weighted by Crippen LogP contribution is -2.23. The topological polar surface area (TPSA) is 50.7 Å². The molecule has 0 heterocycles. The van der Waals surface area contributed by atoms with Crippen molar-refractivity contribution < 1.29 is 14.6 Å². The monoisotopic (exact) mass is 359 g/mol. The molecule has 1 rings (SSSR count). The van der Waals surface area contributed by atoms with Gasteiger partial charge < -0.3 is 19.9 Å². The van der Waals surface area contributed by atoms with Crippen LogP contribution >= 0.6 is 15.9 Å². The van der Waals surface area contributed by atoms with E-state index in [1.54, 1.807) is 14.2 Å². The van der Waals surface area contributed by atoms with Crippen LogP contribution in [-0.2, 0) is 6.54 Å². The standard InChI is InChI=1S/C16H26BrNO3/c1-4-5-12(6-7-19)10-18-11-13-8-14(17)16(21-3)15(9-13)20-2/h8-9,12,18-19H,4-7,10-11H2,1-3H3. The van der Waals surface area contributed by atoms with E-state index in [1.165, 1.54) is 0 Å². The van der Waals surface area contributed by atoms with Crippen LogP contribution in [0.1, 0.15) is 31.7 Å². The molecule has 5 heteroatoms. The van der Waals surface area contributed by atoms with Gasteiger partial charge in [-0.05, 0) is 58.9 Å². The highest BCUT2D eigenvalue weighted by molar-refractivity contribution is 9.10. The van der Waals surface area contributed by atoms with E-state index in [0.717, 1.165) is 48.1 Å². The molecule has 0 spiro atoms. The Morgan fingerprint density at radius 2 is 2.00 bits per heavy atom. The highest BCUT2D eigenvalue weighted by Gasteiger charge is 2.11. The van der Waals surface area contributed by atoms with Crippen molar-refractivity contribution in [3.8, 4) is 11.5 Å². The van der Waals surface area contributed by atoms with Crippen LogP contribution in [0.5, 0.6) is 11.5 Å². The zero-order chi connectivity index (χ0) is 15.7. The minimum atomic E-state index is 0.258. The maximum absolute atomic E-state index is 9.08. The van der Waals surface area contributed by atoms with Gasteiger partial charge in [-0.3, -0.25) is 0 Å². The van der Waals surface area contributed by atoms with Crippen molar-refractivity contribution in [2.75, 3.05) is 27.4 Å². The van der Waals surface area contributed by atoms with Crippen LogP contribution < -0.4 is 14.8 Å². The molecule has 1 atom stereocenters. The first-order valence-electron chi connectivity index (χ1n) is 7.38. The molecule has 0 amide bonds. The fraction of sp³-hybridized carbons (Fsp3) is 0.625. The second-order valence-electron chi connectivity index (χ2n) is 5.11. The number of ether oxygens (including phenoxy) is 2. The van der Waals surface area contributed by atoms with Crippen molar-refractivity contribution in [1.29, 1.82) is 0 Å². The highest BCUT2D eigenvalue weighted by Crippen LogP contribution is 2.36. The zero-order valence-electron chi connectivity index (χ0n) is 13.1. The molecule has 0 aromatic heterocycles. The fourth-order valence-electron chi connectivity index (χ4n) is 2.43. The van der Waals surface area contributed by atoms with Crippen LogP contribution in [0.3, 0.4) is 0 Å². The Hall–Kier alpha value is -0.780. The van der Waals surface area contributed by atoms with Gasteiger partial charge in [0.15, 0.2) is 11.5 Å². The lowest BCUT2D eigenvalue weighted by molar-refractivity contribution is 0.248. The fourth-order valence-corrected chi connectivity index (χ4v) is 3.08. The third-order valence-electron chi connectivity index (χ3n) is 3.49. The molecule has 120 valence electrons. The molecule has 1 aromatic carbocycles. The molecule has 1 aromatic rings. The van der Waals surface area contributed by atoms with E-state index in [0.29, 0.717) is 11.7 Å². The smallest absolute Gasteiger partial charge is 0.174 e. The summed E-state index contributed by atoms with van der Waals surface area (Å²) in [5.41, 5.74) is 1.14. The van der Waals surface area contributed by atoms with Crippen LogP contribution in [0.2, 0.25) is 0 Å². The zero-order valence-corrected chi connectivity index (χ0v) is 14.7. The Morgan fingerprint density at radius 3 is 2.57 bits per heavy atom. The van der Waals surface area contributed by atoms with E-state index < -0.39 is 0 Å². The minimum Gasteiger partial charge on any atom is -0.493 e. The van der Waals surface area contributed by atoms with E-state index in [-0.39, 0.29) is 6.61 Å². The SMILES string of the molecule is CCCC(CCO)CNCc1cc(Br)c(OC)c(OC)c1. The van der Waals surface area contributed by atoms with Gasteiger partial charge in [0.2, 0.25) is 0 Å². The van der Waals surface area contributed by atoms with Gasteiger partial charge in [0.25, 0.3) is 0 Å². The number of nitrogens with one attached hydrogen (secondary N) is 1. The predicted octanol–water partition coefficient (Wildman–Crippen LogP) is 3.35. The van der Waals surface area contributed by atoms with E-state index in [2.05, 4.69) is 28.2 Å². The molecule has 0 bridgehead atoms. The number of benzene rings is 1. The number of rotatable bonds is 10. The normalized spacial score (nSPS) is 12.2. The largest absolute Gasteiger partial charge is 0.493 e. The summed E-state index contributed by atoms with van der Waals surface area (Å²) in [7, 11) is 3.27. The van der Waals surface area contributed by atoms with Gasteiger partial charge >= 0.3 is 0 Å². The summed E-state index contributed by atoms with van der Waals surface area (Å²) in [5.74, 6) is 1.97. The van der Waals surface area contributed by atoms with Crippen molar-refractivity contribution in [1.82, 2.24) is 5.32 Å². The first-order chi connectivity index (χ1) is 10.2. The van der Waals surface area contributed by atoms with Gasteiger partial charge in [-0.15, -0.1) is 0 Å². The molecule has 0 saturated heterocycles.